The van der Waals surface area contributed by atoms with E-state index < -0.39 is 10.0 Å². The second kappa shape index (κ2) is 6.01. The van der Waals surface area contributed by atoms with Gasteiger partial charge in [0.15, 0.2) is 0 Å². The maximum Gasteiger partial charge on any atom is 0.240 e. The zero-order valence-electron chi connectivity index (χ0n) is 11.8. The van der Waals surface area contributed by atoms with Crippen LogP contribution in [0.4, 0.5) is 11.4 Å². The summed E-state index contributed by atoms with van der Waals surface area (Å²) < 4.78 is 22.9. The van der Waals surface area contributed by atoms with Crippen LogP contribution in [-0.4, -0.2) is 14.5 Å². The first-order valence-corrected chi connectivity index (χ1v) is 8.64. The lowest BCUT2D eigenvalue weighted by atomic mass is 9.84. The van der Waals surface area contributed by atoms with Gasteiger partial charge < -0.3 is 11.1 Å². The summed E-state index contributed by atoms with van der Waals surface area (Å²) in [5.41, 5.74) is 6.81. The highest BCUT2D eigenvalue weighted by atomic mass is 32.2. The largest absolute Gasteiger partial charge is 0.396 e. The number of para-hydroxylation sites is 1. The maximum atomic E-state index is 11.5. The fraction of sp³-hybridized carbons (Fsp3) is 0.571. The molecule has 0 amide bonds. The Kier molecular flexibility index (Phi) is 4.55. The van der Waals surface area contributed by atoms with Gasteiger partial charge in [-0.05, 0) is 30.9 Å². The quantitative estimate of drug-likeness (QED) is 0.743. The molecule has 5 N–H and O–H groups in total. The molecule has 0 bridgehead atoms. The molecule has 6 heteroatoms. The Bertz CT molecular complexity index is 572. The molecule has 0 radical (unpaired) electrons. The van der Waals surface area contributed by atoms with Crippen molar-refractivity contribution in [3.63, 3.8) is 0 Å². The molecule has 0 saturated heterocycles. The highest BCUT2D eigenvalue weighted by Gasteiger charge is 2.22. The third kappa shape index (κ3) is 3.43. The van der Waals surface area contributed by atoms with Crippen molar-refractivity contribution in [2.24, 2.45) is 11.1 Å². The van der Waals surface area contributed by atoms with Gasteiger partial charge >= 0.3 is 0 Å². The highest BCUT2D eigenvalue weighted by Crippen LogP contribution is 2.32. The van der Waals surface area contributed by atoms with Crippen molar-refractivity contribution < 1.29 is 8.42 Å². The molecule has 1 saturated carbocycles. The van der Waals surface area contributed by atoms with Gasteiger partial charge in [-0.2, -0.15) is 0 Å². The van der Waals surface area contributed by atoms with Crippen LogP contribution in [0.25, 0.3) is 0 Å². The molecular weight excluding hydrogens is 274 g/mol. The van der Waals surface area contributed by atoms with Crippen molar-refractivity contribution in [1.82, 2.24) is 0 Å². The number of hydrogen-bond donors (Lipinski definition) is 3. The first-order valence-electron chi connectivity index (χ1n) is 7.09. The summed E-state index contributed by atoms with van der Waals surface area (Å²) in [7, 11) is -3.78. The first-order chi connectivity index (χ1) is 9.41. The molecule has 0 heterocycles. The van der Waals surface area contributed by atoms with Crippen molar-refractivity contribution >= 4 is 21.4 Å². The van der Waals surface area contributed by atoms with Gasteiger partial charge in [-0.1, -0.05) is 32.3 Å². The number of primary sulfonamides is 1. The minimum Gasteiger partial charge on any atom is -0.396 e. The van der Waals surface area contributed by atoms with Crippen LogP contribution in [0.15, 0.2) is 23.1 Å². The molecule has 5 nitrogen and oxygen atoms in total. The molecule has 20 heavy (non-hydrogen) atoms. The van der Waals surface area contributed by atoms with Gasteiger partial charge in [-0.25, -0.2) is 13.6 Å². The number of benzene rings is 1. The van der Waals surface area contributed by atoms with E-state index in [1.54, 1.807) is 12.1 Å². The SMILES string of the molecule is CCC1CCCC(Nc2cccc(S(N)(=O)=O)c2N)C1. The molecule has 1 aromatic carbocycles. The van der Waals surface area contributed by atoms with E-state index in [2.05, 4.69) is 12.2 Å². The Morgan fingerprint density at radius 2 is 2.10 bits per heavy atom. The van der Waals surface area contributed by atoms with Gasteiger partial charge in [0, 0.05) is 6.04 Å². The Morgan fingerprint density at radius 3 is 2.75 bits per heavy atom. The summed E-state index contributed by atoms with van der Waals surface area (Å²) in [6.45, 7) is 2.21. The number of nitrogens with one attached hydrogen (secondary N) is 1. The van der Waals surface area contributed by atoms with Crippen molar-refractivity contribution in [3.05, 3.63) is 18.2 Å². The molecular formula is C14H23N3O2S. The highest BCUT2D eigenvalue weighted by molar-refractivity contribution is 7.89. The summed E-state index contributed by atoms with van der Waals surface area (Å²) in [5.74, 6) is 0.740. The summed E-state index contributed by atoms with van der Waals surface area (Å²) in [6.07, 6.45) is 5.86. The fourth-order valence-electron chi connectivity index (χ4n) is 2.93. The predicted octanol–water partition coefficient (Wildman–Crippen LogP) is 2.30. The zero-order chi connectivity index (χ0) is 14.8. The standard InChI is InChI=1S/C14H23N3O2S/c1-2-10-5-3-6-11(9-10)17-12-7-4-8-13(14(12)15)20(16,18)19/h4,7-8,10-11,17H,2-3,5-6,9,15H2,1H3,(H2,16,18,19). The molecule has 1 aromatic rings. The van der Waals surface area contributed by atoms with E-state index in [1.807, 2.05) is 0 Å². The Hall–Kier alpha value is -1.27. The average Bonchev–Trinajstić information content (AvgIpc) is 2.40. The predicted molar refractivity (Wildman–Crippen MR) is 81.9 cm³/mol. The van der Waals surface area contributed by atoms with E-state index >= 15 is 0 Å². The molecule has 2 rings (SSSR count). The number of nitrogen functional groups attached to an aromatic ring is 1. The van der Waals surface area contributed by atoms with E-state index in [0.717, 1.165) is 18.8 Å². The zero-order valence-corrected chi connectivity index (χ0v) is 12.6. The minimum absolute atomic E-state index is 0.00893. The van der Waals surface area contributed by atoms with Gasteiger partial charge in [-0.15, -0.1) is 0 Å². The van der Waals surface area contributed by atoms with Crippen LogP contribution >= 0.6 is 0 Å². The lowest BCUT2D eigenvalue weighted by molar-refractivity contribution is 0.327. The van der Waals surface area contributed by atoms with E-state index in [0.29, 0.717) is 11.7 Å². The van der Waals surface area contributed by atoms with Crippen LogP contribution in [0.1, 0.15) is 39.0 Å². The molecule has 1 aliphatic carbocycles. The van der Waals surface area contributed by atoms with Gasteiger partial charge in [0.2, 0.25) is 10.0 Å². The number of hydrogen-bond acceptors (Lipinski definition) is 4. The number of rotatable bonds is 4. The van der Waals surface area contributed by atoms with Crippen LogP contribution in [0.5, 0.6) is 0 Å². The monoisotopic (exact) mass is 297 g/mol. The van der Waals surface area contributed by atoms with Crippen LogP contribution < -0.4 is 16.2 Å². The number of sulfonamides is 1. The van der Waals surface area contributed by atoms with E-state index in [9.17, 15) is 8.42 Å². The second-order valence-electron chi connectivity index (χ2n) is 5.54. The van der Waals surface area contributed by atoms with Crippen molar-refractivity contribution in [3.8, 4) is 0 Å². The van der Waals surface area contributed by atoms with Crippen LogP contribution in [0.2, 0.25) is 0 Å². The van der Waals surface area contributed by atoms with E-state index in [1.165, 1.54) is 25.3 Å². The van der Waals surface area contributed by atoms with Gasteiger partial charge in [0.05, 0.1) is 11.4 Å². The molecule has 0 aliphatic heterocycles. The van der Waals surface area contributed by atoms with Gasteiger partial charge in [0.25, 0.3) is 0 Å². The number of nitrogens with two attached hydrogens (primary N) is 2. The van der Waals surface area contributed by atoms with Crippen LogP contribution in [0.3, 0.4) is 0 Å². The summed E-state index contributed by atoms with van der Waals surface area (Å²) in [5, 5.41) is 8.55. The number of anilines is 2. The lowest BCUT2D eigenvalue weighted by Crippen LogP contribution is -2.27. The third-order valence-electron chi connectivity index (χ3n) is 4.09. The Balaban J connectivity index is 2.18. The molecule has 1 aliphatic rings. The Morgan fingerprint density at radius 1 is 1.35 bits per heavy atom. The average molecular weight is 297 g/mol. The second-order valence-corrected chi connectivity index (χ2v) is 7.07. The van der Waals surface area contributed by atoms with E-state index in [4.69, 9.17) is 10.9 Å². The first kappa shape index (κ1) is 15.1. The maximum absolute atomic E-state index is 11.5. The third-order valence-corrected chi connectivity index (χ3v) is 5.06. The van der Waals surface area contributed by atoms with Crippen molar-refractivity contribution in [1.29, 1.82) is 0 Å². The summed E-state index contributed by atoms with van der Waals surface area (Å²) in [4.78, 5) is -0.00893. The molecule has 2 atom stereocenters. The molecule has 0 aromatic heterocycles. The minimum atomic E-state index is -3.78. The molecule has 112 valence electrons. The summed E-state index contributed by atoms with van der Waals surface area (Å²) in [6, 6.07) is 5.26. The molecule has 0 spiro atoms. The van der Waals surface area contributed by atoms with Gasteiger partial charge in [0.1, 0.15) is 4.90 Å². The molecule has 1 fully saturated rings. The smallest absolute Gasteiger partial charge is 0.240 e. The summed E-state index contributed by atoms with van der Waals surface area (Å²) >= 11 is 0. The Labute approximate surface area is 120 Å². The topological polar surface area (TPSA) is 98.2 Å². The van der Waals surface area contributed by atoms with Crippen LogP contribution in [-0.2, 0) is 10.0 Å². The molecule has 2 unspecified atom stereocenters. The van der Waals surface area contributed by atoms with Gasteiger partial charge in [-0.3, -0.25) is 0 Å². The van der Waals surface area contributed by atoms with Crippen LogP contribution in [0, 0.1) is 5.92 Å². The lowest BCUT2D eigenvalue weighted by Gasteiger charge is -2.30. The fourth-order valence-corrected chi connectivity index (χ4v) is 3.62. The van der Waals surface area contributed by atoms with E-state index in [-0.39, 0.29) is 10.6 Å². The van der Waals surface area contributed by atoms with Crippen molar-refractivity contribution in [2.45, 2.75) is 50.0 Å². The van der Waals surface area contributed by atoms with Crippen molar-refractivity contribution in [2.75, 3.05) is 11.1 Å². The normalized spacial score (nSPS) is 23.5.